The number of thiocarbonyl (C=S) groups is 1. The van der Waals surface area contributed by atoms with Gasteiger partial charge in [0.25, 0.3) is 0 Å². The molecule has 2 heterocycles. The molecule has 2 saturated heterocycles. The van der Waals surface area contributed by atoms with Crippen LogP contribution in [0.1, 0.15) is 51.4 Å². The Bertz CT molecular complexity index is 314. The Hall–Kier alpha value is -0.350. The second-order valence-electron chi connectivity index (χ2n) is 6.87. The summed E-state index contributed by atoms with van der Waals surface area (Å²) in [6, 6.07) is 0.657. The molecule has 3 fully saturated rings. The third-order valence-corrected chi connectivity index (χ3v) is 5.68. The van der Waals surface area contributed by atoms with Crippen LogP contribution in [0.25, 0.3) is 0 Å². The molecular weight excluding hydrogens is 266 g/mol. The molecule has 20 heavy (non-hydrogen) atoms. The van der Waals surface area contributed by atoms with Gasteiger partial charge < -0.3 is 15.1 Å². The highest BCUT2D eigenvalue weighted by molar-refractivity contribution is 7.80. The van der Waals surface area contributed by atoms with Gasteiger partial charge in [0, 0.05) is 25.7 Å². The van der Waals surface area contributed by atoms with E-state index < -0.39 is 0 Å². The van der Waals surface area contributed by atoms with Crippen molar-refractivity contribution < 1.29 is 0 Å². The minimum Gasteiger partial charge on any atom is -0.360 e. The average molecular weight is 295 g/mol. The summed E-state index contributed by atoms with van der Waals surface area (Å²) in [6.45, 7) is 6.33. The molecule has 0 radical (unpaired) electrons. The number of likely N-dealkylation sites (tertiary alicyclic amines) is 2. The van der Waals surface area contributed by atoms with Gasteiger partial charge in [0.1, 0.15) is 0 Å². The predicted octanol–water partition coefficient (Wildman–Crippen LogP) is 2.61. The molecule has 1 saturated carbocycles. The number of rotatable bonds is 3. The first-order valence-electron chi connectivity index (χ1n) is 8.59. The van der Waals surface area contributed by atoms with Crippen molar-refractivity contribution in [2.75, 3.05) is 32.7 Å². The molecule has 2 aliphatic heterocycles. The summed E-state index contributed by atoms with van der Waals surface area (Å²) >= 11 is 5.60. The van der Waals surface area contributed by atoms with Crippen molar-refractivity contribution >= 4 is 17.3 Å². The van der Waals surface area contributed by atoms with Gasteiger partial charge in [0.2, 0.25) is 0 Å². The van der Waals surface area contributed by atoms with Gasteiger partial charge in [-0.25, -0.2) is 0 Å². The Kier molecular flexibility index (Phi) is 5.16. The fourth-order valence-corrected chi connectivity index (χ4v) is 4.33. The zero-order chi connectivity index (χ0) is 13.8. The van der Waals surface area contributed by atoms with Gasteiger partial charge in [0.15, 0.2) is 5.11 Å². The fourth-order valence-electron chi connectivity index (χ4n) is 3.99. The monoisotopic (exact) mass is 295 g/mol. The topological polar surface area (TPSA) is 18.5 Å². The third kappa shape index (κ3) is 3.85. The summed E-state index contributed by atoms with van der Waals surface area (Å²) in [7, 11) is 0. The van der Waals surface area contributed by atoms with Crippen molar-refractivity contribution in [2.45, 2.75) is 57.4 Å². The highest BCUT2D eigenvalue weighted by Gasteiger charge is 2.25. The zero-order valence-corrected chi connectivity index (χ0v) is 13.5. The molecule has 3 aliphatic rings. The van der Waals surface area contributed by atoms with Gasteiger partial charge in [-0.05, 0) is 69.8 Å². The fraction of sp³-hybridized carbons (Fsp3) is 0.938. The summed E-state index contributed by atoms with van der Waals surface area (Å²) in [5.74, 6) is 0.902. The van der Waals surface area contributed by atoms with Gasteiger partial charge in [-0.3, -0.25) is 0 Å². The molecule has 0 aromatic carbocycles. The van der Waals surface area contributed by atoms with E-state index in [9.17, 15) is 0 Å². The quantitative estimate of drug-likeness (QED) is 0.806. The highest BCUT2D eigenvalue weighted by Crippen LogP contribution is 2.22. The summed E-state index contributed by atoms with van der Waals surface area (Å²) in [5.41, 5.74) is 0. The second-order valence-corrected chi connectivity index (χ2v) is 7.26. The Morgan fingerprint density at radius 2 is 1.55 bits per heavy atom. The average Bonchev–Trinajstić information content (AvgIpc) is 3.13. The molecule has 0 unspecified atom stereocenters. The molecular formula is C16H29N3S. The van der Waals surface area contributed by atoms with Gasteiger partial charge in [-0.1, -0.05) is 12.8 Å². The van der Waals surface area contributed by atoms with Crippen LogP contribution in [0.5, 0.6) is 0 Å². The lowest BCUT2D eigenvalue weighted by molar-refractivity contribution is 0.199. The SMILES string of the molecule is S=C(NC1CCCC1)N1CCC(CN2CCCC2)CC1. The van der Waals surface area contributed by atoms with Crippen LogP contribution in [0, 0.1) is 5.92 Å². The van der Waals surface area contributed by atoms with E-state index in [4.69, 9.17) is 12.2 Å². The van der Waals surface area contributed by atoms with E-state index in [0.29, 0.717) is 6.04 Å². The van der Waals surface area contributed by atoms with Crippen LogP contribution < -0.4 is 5.32 Å². The molecule has 0 aromatic heterocycles. The summed E-state index contributed by atoms with van der Waals surface area (Å²) in [5, 5.41) is 4.61. The zero-order valence-electron chi connectivity index (χ0n) is 12.6. The van der Waals surface area contributed by atoms with Crippen molar-refractivity contribution in [3.63, 3.8) is 0 Å². The molecule has 0 bridgehead atoms. The lowest BCUT2D eigenvalue weighted by atomic mass is 9.96. The van der Waals surface area contributed by atoms with E-state index >= 15 is 0 Å². The van der Waals surface area contributed by atoms with E-state index in [2.05, 4.69) is 15.1 Å². The molecule has 114 valence electrons. The van der Waals surface area contributed by atoms with E-state index in [-0.39, 0.29) is 0 Å². The lowest BCUT2D eigenvalue weighted by Gasteiger charge is -2.36. The number of piperidine rings is 1. The Labute approximate surface area is 129 Å². The third-order valence-electron chi connectivity index (χ3n) is 5.30. The minimum absolute atomic E-state index is 0.657. The normalized spacial score (nSPS) is 26.3. The number of nitrogens with zero attached hydrogens (tertiary/aromatic N) is 2. The van der Waals surface area contributed by atoms with Crippen LogP contribution in [-0.2, 0) is 0 Å². The summed E-state index contributed by atoms with van der Waals surface area (Å²) in [6.07, 6.45) is 10.8. The van der Waals surface area contributed by atoms with Gasteiger partial charge in [-0.15, -0.1) is 0 Å². The van der Waals surface area contributed by atoms with Crippen molar-refractivity contribution in [3.8, 4) is 0 Å². The van der Waals surface area contributed by atoms with Crippen molar-refractivity contribution in [3.05, 3.63) is 0 Å². The maximum absolute atomic E-state index is 5.60. The Morgan fingerprint density at radius 1 is 0.900 bits per heavy atom. The van der Waals surface area contributed by atoms with Gasteiger partial charge >= 0.3 is 0 Å². The molecule has 0 aromatic rings. The summed E-state index contributed by atoms with van der Waals surface area (Å²) in [4.78, 5) is 5.07. The van der Waals surface area contributed by atoms with Gasteiger partial charge in [0.05, 0.1) is 0 Å². The molecule has 0 spiro atoms. The number of hydrogen-bond acceptors (Lipinski definition) is 2. The predicted molar refractivity (Wildman–Crippen MR) is 88.0 cm³/mol. The van der Waals surface area contributed by atoms with E-state index in [1.54, 1.807) is 0 Å². The first kappa shape index (κ1) is 14.6. The molecule has 1 N–H and O–H groups in total. The largest absolute Gasteiger partial charge is 0.360 e. The highest BCUT2D eigenvalue weighted by atomic mass is 32.1. The van der Waals surface area contributed by atoms with Crippen LogP contribution in [0.15, 0.2) is 0 Å². The maximum Gasteiger partial charge on any atom is 0.169 e. The van der Waals surface area contributed by atoms with Crippen molar-refractivity contribution in [1.29, 1.82) is 0 Å². The van der Waals surface area contributed by atoms with Crippen LogP contribution >= 0.6 is 12.2 Å². The van der Waals surface area contributed by atoms with Crippen LogP contribution in [-0.4, -0.2) is 53.7 Å². The van der Waals surface area contributed by atoms with Gasteiger partial charge in [-0.2, -0.15) is 0 Å². The second kappa shape index (κ2) is 7.08. The molecule has 4 heteroatoms. The molecule has 0 atom stereocenters. The van der Waals surface area contributed by atoms with Crippen molar-refractivity contribution in [1.82, 2.24) is 15.1 Å². The molecule has 1 aliphatic carbocycles. The lowest BCUT2D eigenvalue weighted by Crippen LogP contribution is -2.48. The van der Waals surface area contributed by atoms with E-state index in [1.165, 1.54) is 71.0 Å². The maximum atomic E-state index is 5.60. The van der Waals surface area contributed by atoms with Crippen molar-refractivity contribution in [2.24, 2.45) is 5.92 Å². The van der Waals surface area contributed by atoms with Crippen LogP contribution in [0.3, 0.4) is 0 Å². The molecule has 3 rings (SSSR count). The first-order valence-corrected chi connectivity index (χ1v) is 9.00. The number of nitrogens with one attached hydrogen (secondary N) is 1. The Morgan fingerprint density at radius 3 is 2.20 bits per heavy atom. The Balaban J connectivity index is 1.37. The minimum atomic E-state index is 0.657. The molecule has 0 amide bonds. The smallest absolute Gasteiger partial charge is 0.169 e. The standard InChI is InChI=1S/C16H29N3S/c20-16(17-15-5-1-2-6-15)19-11-7-14(8-12-19)13-18-9-3-4-10-18/h14-15H,1-13H2,(H,17,20). The van der Waals surface area contributed by atoms with Crippen LogP contribution in [0.2, 0.25) is 0 Å². The van der Waals surface area contributed by atoms with E-state index in [0.717, 1.165) is 24.1 Å². The molecule has 3 nitrogen and oxygen atoms in total. The van der Waals surface area contributed by atoms with E-state index in [1.807, 2.05) is 0 Å². The number of hydrogen-bond donors (Lipinski definition) is 1. The summed E-state index contributed by atoms with van der Waals surface area (Å²) < 4.78 is 0. The first-order chi connectivity index (χ1) is 9.81. The van der Waals surface area contributed by atoms with Crippen LogP contribution in [0.4, 0.5) is 0 Å².